The number of amides is 1. The number of carbonyl (C=O) groups excluding carboxylic acids is 1. The Morgan fingerprint density at radius 1 is 1.11 bits per heavy atom. The van der Waals surface area contributed by atoms with Crippen LogP contribution in [0.15, 0.2) is 53.1 Å². The van der Waals surface area contributed by atoms with Gasteiger partial charge in [-0.3, -0.25) is 4.79 Å². The van der Waals surface area contributed by atoms with E-state index in [-0.39, 0.29) is 17.1 Å². The molecular weight excluding hydrogens is 345 g/mol. The van der Waals surface area contributed by atoms with E-state index in [1.54, 1.807) is 36.4 Å². The topological polar surface area (TPSA) is 68.0 Å². The molecule has 0 fully saturated rings. The van der Waals surface area contributed by atoms with E-state index >= 15 is 0 Å². The minimum atomic E-state index is -0.271. The lowest BCUT2D eigenvalue weighted by Crippen LogP contribution is -2.26. The normalized spacial score (nSPS) is 11.4. The van der Waals surface area contributed by atoms with E-state index in [1.807, 2.05) is 26.8 Å². The Balaban J connectivity index is 1.74. The van der Waals surface area contributed by atoms with E-state index in [4.69, 9.17) is 4.52 Å². The molecule has 0 aliphatic heterocycles. The van der Waals surface area contributed by atoms with Gasteiger partial charge >= 0.3 is 0 Å². The van der Waals surface area contributed by atoms with E-state index in [0.717, 1.165) is 0 Å². The first kappa shape index (κ1) is 18.8. The van der Waals surface area contributed by atoms with E-state index < -0.39 is 0 Å². The molecule has 1 aromatic heterocycles. The molecule has 27 heavy (non-hydrogen) atoms. The van der Waals surface area contributed by atoms with Gasteiger partial charge in [0.1, 0.15) is 5.82 Å². The summed E-state index contributed by atoms with van der Waals surface area (Å²) < 4.78 is 19.0. The van der Waals surface area contributed by atoms with Crippen LogP contribution in [0.3, 0.4) is 0 Å². The van der Waals surface area contributed by atoms with E-state index in [9.17, 15) is 9.18 Å². The van der Waals surface area contributed by atoms with Gasteiger partial charge < -0.3 is 9.84 Å². The Kier molecular flexibility index (Phi) is 5.35. The SMILES string of the molecule is CC(C)(C)c1noc(-c2ccccc2C(=O)NCCc2ccccc2F)n1. The predicted molar refractivity (Wildman–Crippen MR) is 101 cm³/mol. The number of nitrogens with one attached hydrogen (secondary N) is 1. The molecule has 0 saturated heterocycles. The summed E-state index contributed by atoms with van der Waals surface area (Å²) in [6.07, 6.45) is 0.412. The van der Waals surface area contributed by atoms with Gasteiger partial charge in [-0.1, -0.05) is 56.3 Å². The molecule has 0 aliphatic carbocycles. The molecule has 0 bridgehead atoms. The standard InChI is InChI=1S/C21H22FN3O2/c1-21(2,3)20-24-19(27-25-20)16-10-6-5-9-15(16)18(26)23-13-12-14-8-4-7-11-17(14)22/h4-11H,12-13H2,1-3H3,(H,23,26). The molecule has 0 saturated carbocycles. The maximum atomic E-state index is 13.7. The van der Waals surface area contributed by atoms with Gasteiger partial charge in [0, 0.05) is 12.0 Å². The molecule has 0 spiro atoms. The Morgan fingerprint density at radius 2 is 1.81 bits per heavy atom. The number of hydrogen-bond acceptors (Lipinski definition) is 4. The summed E-state index contributed by atoms with van der Waals surface area (Å²) in [4.78, 5) is 17.0. The summed E-state index contributed by atoms with van der Waals surface area (Å²) in [7, 11) is 0. The van der Waals surface area contributed by atoms with Crippen LogP contribution in [-0.4, -0.2) is 22.6 Å². The molecule has 5 nitrogen and oxygen atoms in total. The van der Waals surface area contributed by atoms with Crippen molar-refractivity contribution < 1.29 is 13.7 Å². The van der Waals surface area contributed by atoms with Gasteiger partial charge in [0.2, 0.25) is 0 Å². The van der Waals surface area contributed by atoms with Crippen molar-refractivity contribution in [3.63, 3.8) is 0 Å². The van der Waals surface area contributed by atoms with Crippen molar-refractivity contribution in [2.45, 2.75) is 32.6 Å². The van der Waals surface area contributed by atoms with Gasteiger partial charge in [-0.15, -0.1) is 0 Å². The number of benzene rings is 2. The van der Waals surface area contributed by atoms with Crippen molar-refractivity contribution in [1.82, 2.24) is 15.5 Å². The lowest BCUT2D eigenvalue weighted by Gasteiger charge is -2.11. The summed E-state index contributed by atoms with van der Waals surface area (Å²) in [5, 5.41) is 6.84. The average molecular weight is 367 g/mol. The molecule has 0 atom stereocenters. The Morgan fingerprint density at radius 3 is 2.52 bits per heavy atom. The third-order valence-electron chi connectivity index (χ3n) is 4.14. The van der Waals surface area contributed by atoms with Crippen LogP contribution >= 0.6 is 0 Å². The molecule has 0 radical (unpaired) electrons. The zero-order valence-electron chi connectivity index (χ0n) is 15.6. The minimum Gasteiger partial charge on any atom is -0.352 e. The highest BCUT2D eigenvalue weighted by atomic mass is 19.1. The summed E-state index contributed by atoms with van der Waals surface area (Å²) >= 11 is 0. The van der Waals surface area contributed by atoms with Crippen molar-refractivity contribution >= 4 is 5.91 Å². The minimum absolute atomic E-state index is 0.251. The van der Waals surface area contributed by atoms with E-state index in [2.05, 4.69) is 15.5 Å². The third-order valence-corrected chi connectivity index (χ3v) is 4.14. The summed E-state index contributed by atoms with van der Waals surface area (Å²) in [5.41, 5.74) is 1.33. The first-order valence-corrected chi connectivity index (χ1v) is 8.81. The molecular formula is C21H22FN3O2. The molecule has 0 aliphatic rings. The highest BCUT2D eigenvalue weighted by Gasteiger charge is 2.23. The van der Waals surface area contributed by atoms with Crippen molar-refractivity contribution in [1.29, 1.82) is 0 Å². The third kappa shape index (κ3) is 4.39. The Labute approximate surface area is 157 Å². The van der Waals surface area contributed by atoms with Gasteiger partial charge in [-0.25, -0.2) is 4.39 Å². The highest BCUT2D eigenvalue weighted by Crippen LogP contribution is 2.26. The molecule has 140 valence electrons. The number of aromatic nitrogens is 2. The first-order chi connectivity index (χ1) is 12.9. The fraction of sp³-hybridized carbons (Fsp3) is 0.286. The monoisotopic (exact) mass is 367 g/mol. The largest absolute Gasteiger partial charge is 0.352 e. The number of hydrogen-bond donors (Lipinski definition) is 1. The fourth-order valence-corrected chi connectivity index (χ4v) is 2.61. The zero-order valence-corrected chi connectivity index (χ0v) is 15.6. The predicted octanol–water partition coefficient (Wildman–Crippen LogP) is 4.15. The molecule has 1 amide bonds. The molecule has 3 aromatic rings. The Hall–Kier alpha value is -3.02. The zero-order chi connectivity index (χ0) is 19.4. The smallest absolute Gasteiger partial charge is 0.258 e. The second-order valence-corrected chi connectivity index (χ2v) is 7.32. The van der Waals surface area contributed by atoms with E-state index in [1.165, 1.54) is 6.07 Å². The number of carbonyl (C=O) groups is 1. The molecule has 3 rings (SSSR count). The first-order valence-electron chi connectivity index (χ1n) is 8.81. The van der Waals surface area contributed by atoms with Crippen LogP contribution in [-0.2, 0) is 11.8 Å². The van der Waals surface area contributed by atoms with Crippen LogP contribution in [0.4, 0.5) is 4.39 Å². The van der Waals surface area contributed by atoms with Crippen LogP contribution in [0.25, 0.3) is 11.5 Å². The summed E-state index contributed by atoms with van der Waals surface area (Å²) in [6, 6.07) is 13.6. The second kappa shape index (κ2) is 7.70. The van der Waals surface area contributed by atoms with Gasteiger partial charge in [0.05, 0.1) is 11.1 Å². The molecule has 2 aromatic carbocycles. The quantitative estimate of drug-likeness (QED) is 0.736. The Bertz CT molecular complexity index is 944. The van der Waals surface area contributed by atoms with Gasteiger partial charge in [-0.2, -0.15) is 4.98 Å². The summed E-state index contributed by atoms with van der Waals surface area (Å²) in [6.45, 7) is 6.29. The van der Waals surface area contributed by atoms with Crippen molar-refractivity contribution in [3.8, 4) is 11.5 Å². The maximum absolute atomic E-state index is 13.7. The molecule has 0 unspecified atom stereocenters. The van der Waals surface area contributed by atoms with E-state index in [0.29, 0.717) is 41.4 Å². The highest BCUT2D eigenvalue weighted by molar-refractivity contribution is 5.99. The van der Waals surface area contributed by atoms with Crippen LogP contribution in [0.1, 0.15) is 42.5 Å². The molecule has 1 N–H and O–H groups in total. The van der Waals surface area contributed by atoms with Crippen LogP contribution in [0.5, 0.6) is 0 Å². The van der Waals surface area contributed by atoms with Crippen LogP contribution in [0.2, 0.25) is 0 Å². The van der Waals surface area contributed by atoms with Crippen molar-refractivity contribution in [2.24, 2.45) is 0 Å². The average Bonchev–Trinajstić information content (AvgIpc) is 3.14. The van der Waals surface area contributed by atoms with Crippen molar-refractivity contribution in [2.75, 3.05) is 6.54 Å². The lowest BCUT2D eigenvalue weighted by molar-refractivity contribution is 0.0954. The summed E-state index contributed by atoms with van der Waals surface area (Å²) in [5.74, 6) is 0.345. The maximum Gasteiger partial charge on any atom is 0.258 e. The van der Waals surface area contributed by atoms with Crippen molar-refractivity contribution in [3.05, 3.63) is 71.3 Å². The lowest BCUT2D eigenvalue weighted by atomic mass is 9.96. The number of halogens is 1. The molecule has 6 heteroatoms. The number of nitrogens with zero attached hydrogens (tertiary/aromatic N) is 2. The van der Waals surface area contributed by atoms with Gasteiger partial charge in [0.25, 0.3) is 11.8 Å². The fourth-order valence-electron chi connectivity index (χ4n) is 2.61. The van der Waals surface area contributed by atoms with Crippen LogP contribution in [0, 0.1) is 5.82 Å². The van der Waals surface area contributed by atoms with Gasteiger partial charge in [-0.05, 0) is 30.2 Å². The number of rotatable bonds is 5. The van der Waals surface area contributed by atoms with Crippen LogP contribution < -0.4 is 5.32 Å². The second-order valence-electron chi connectivity index (χ2n) is 7.32. The van der Waals surface area contributed by atoms with Gasteiger partial charge in [0.15, 0.2) is 5.82 Å². The molecule has 1 heterocycles.